The first-order valence-electron chi connectivity index (χ1n) is 11.3. The fourth-order valence-electron chi connectivity index (χ4n) is 3.60. The Hall–Kier alpha value is -2.51. The maximum absolute atomic E-state index is 13.0. The molecule has 1 aliphatic heterocycles. The lowest BCUT2D eigenvalue weighted by molar-refractivity contribution is -0.146. The van der Waals surface area contributed by atoms with Crippen molar-refractivity contribution in [3.8, 4) is 0 Å². The number of nitrogens with zero attached hydrogens (tertiary/aromatic N) is 1. The quantitative estimate of drug-likeness (QED) is 0.496. The molecule has 0 aromatic heterocycles. The molecule has 8 heteroatoms. The van der Waals surface area contributed by atoms with E-state index in [1.807, 2.05) is 13.8 Å². The van der Waals surface area contributed by atoms with Crippen LogP contribution in [0.1, 0.15) is 75.7 Å². The molecule has 0 aromatic carbocycles. The maximum Gasteiger partial charge on any atom is 0.254 e. The maximum atomic E-state index is 13.0. The molecule has 0 aromatic rings. The SMILES string of the molecule is CC.CC(C)C(=O)CNC(=O)C(NC(=O)C(C)(C)CC(C)(C)N1C(=O)C=CC1=O)C(C)C. The summed E-state index contributed by atoms with van der Waals surface area (Å²) in [6, 6.07) is -0.809. The molecular weight excluding hydrogens is 410 g/mol. The van der Waals surface area contributed by atoms with Gasteiger partial charge < -0.3 is 10.6 Å². The van der Waals surface area contributed by atoms with Crippen LogP contribution < -0.4 is 10.6 Å². The molecule has 1 atom stereocenters. The summed E-state index contributed by atoms with van der Waals surface area (Å²) in [5.41, 5.74) is -1.86. The largest absolute Gasteiger partial charge is 0.347 e. The van der Waals surface area contributed by atoms with Crippen LogP contribution in [0.5, 0.6) is 0 Å². The fourth-order valence-corrected chi connectivity index (χ4v) is 3.60. The van der Waals surface area contributed by atoms with Gasteiger partial charge in [0.1, 0.15) is 6.04 Å². The highest BCUT2D eigenvalue weighted by atomic mass is 16.2. The summed E-state index contributed by atoms with van der Waals surface area (Å²) in [4.78, 5) is 62.6. The third-order valence-electron chi connectivity index (χ3n) is 5.22. The van der Waals surface area contributed by atoms with Crippen LogP contribution in [0.4, 0.5) is 0 Å². The van der Waals surface area contributed by atoms with Gasteiger partial charge in [0.25, 0.3) is 11.8 Å². The van der Waals surface area contributed by atoms with Gasteiger partial charge in [-0.1, -0.05) is 55.4 Å². The summed E-state index contributed by atoms with van der Waals surface area (Å²) >= 11 is 0. The number of hydrogen-bond acceptors (Lipinski definition) is 5. The molecule has 4 amide bonds. The smallest absolute Gasteiger partial charge is 0.254 e. The Balaban J connectivity index is 0.00000466. The summed E-state index contributed by atoms with van der Waals surface area (Å²) in [5, 5.41) is 5.38. The lowest BCUT2D eigenvalue weighted by atomic mass is 9.78. The van der Waals surface area contributed by atoms with Crippen molar-refractivity contribution in [1.29, 1.82) is 0 Å². The van der Waals surface area contributed by atoms with Crippen LogP contribution in [0.15, 0.2) is 12.2 Å². The number of nitrogens with one attached hydrogen (secondary N) is 2. The average Bonchev–Trinajstić information content (AvgIpc) is 3.02. The zero-order chi connectivity index (χ0) is 25.4. The predicted octanol–water partition coefficient (Wildman–Crippen LogP) is 2.61. The van der Waals surface area contributed by atoms with Gasteiger partial charge in [-0.25, -0.2) is 0 Å². The zero-order valence-electron chi connectivity index (χ0n) is 21.3. The van der Waals surface area contributed by atoms with E-state index in [-0.39, 0.29) is 36.5 Å². The Labute approximate surface area is 192 Å². The molecule has 1 rings (SSSR count). The number of amides is 4. The Morgan fingerprint density at radius 1 is 0.938 bits per heavy atom. The topological polar surface area (TPSA) is 113 Å². The van der Waals surface area contributed by atoms with E-state index < -0.39 is 34.7 Å². The number of rotatable bonds is 10. The Morgan fingerprint density at radius 2 is 1.41 bits per heavy atom. The Kier molecular flexibility index (Phi) is 11.0. The van der Waals surface area contributed by atoms with Gasteiger partial charge in [0.05, 0.1) is 6.54 Å². The van der Waals surface area contributed by atoms with Crippen molar-refractivity contribution >= 4 is 29.4 Å². The van der Waals surface area contributed by atoms with E-state index in [1.165, 1.54) is 12.2 Å². The van der Waals surface area contributed by atoms with Crippen molar-refractivity contribution in [3.05, 3.63) is 12.2 Å². The number of ketones is 1. The number of Topliss-reactive ketones (excluding diaryl/α,β-unsaturated/α-hetero) is 1. The number of hydrogen-bond donors (Lipinski definition) is 2. The minimum atomic E-state index is -0.964. The molecule has 1 unspecified atom stereocenters. The second-order valence-corrected chi connectivity index (χ2v) is 9.75. The van der Waals surface area contributed by atoms with Gasteiger partial charge in [-0.2, -0.15) is 0 Å². The fraction of sp³-hybridized carbons (Fsp3) is 0.708. The van der Waals surface area contributed by atoms with Gasteiger partial charge >= 0.3 is 0 Å². The summed E-state index contributed by atoms with van der Waals surface area (Å²) < 4.78 is 0. The van der Waals surface area contributed by atoms with Crippen molar-refractivity contribution < 1.29 is 24.0 Å². The molecule has 0 saturated carbocycles. The molecule has 0 bridgehead atoms. The first-order valence-corrected chi connectivity index (χ1v) is 11.3. The van der Waals surface area contributed by atoms with Crippen molar-refractivity contribution in [3.63, 3.8) is 0 Å². The molecule has 2 N–H and O–H groups in total. The summed E-state index contributed by atoms with van der Waals surface area (Å²) in [5.74, 6) is -2.08. The van der Waals surface area contributed by atoms with Gasteiger partial charge in [-0.15, -0.1) is 0 Å². The van der Waals surface area contributed by atoms with E-state index in [4.69, 9.17) is 0 Å². The molecule has 0 radical (unpaired) electrons. The molecule has 0 fully saturated rings. The van der Waals surface area contributed by atoms with E-state index in [1.54, 1.807) is 55.4 Å². The van der Waals surface area contributed by atoms with Crippen molar-refractivity contribution in [2.45, 2.75) is 87.2 Å². The first kappa shape index (κ1) is 29.5. The molecule has 1 aliphatic rings. The van der Waals surface area contributed by atoms with Gasteiger partial charge in [-0.3, -0.25) is 28.9 Å². The summed E-state index contributed by atoms with van der Waals surface area (Å²) in [6.45, 7) is 17.9. The molecule has 32 heavy (non-hydrogen) atoms. The Bertz CT molecular complexity index is 733. The number of imide groups is 1. The van der Waals surface area contributed by atoms with Crippen LogP contribution in [0, 0.1) is 17.3 Å². The lowest BCUT2D eigenvalue weighted by Crippen LogP contribution is -2.56. The number of carbonyl (C=O) groups excluding carboxylic acids is 5. The zero-order valence-corrected chi connectivity index (χ0v) is 21.3. The monoisotopic (exact) mass is 451 g/mol. The molecule has 182 valence electrons. The van der Waals surface area contributed by atoms with Gasteiger partial charge in [-0.05, 0) is 26.2 Å². The third-order valence-corrected chi connectivity index (χ3v) is 5.22. The van der Waals surface area contributed by atoms with Crippen molar-refractivity contribution in [2.24, 2.45) is 17.3 Å². The van der Waals surface area contributed by atoms with Gasteiger partial charge in [0, 0.05) is 29.0 Å². The molecular formula is C24H41N3O5. The highest BCUT2D eigenvalue weighted by Gasteiger charge is 2.44. The standard InChI is InChI=1S/C22H35N3O5.C2H6/c1-13(2)15(26)11-23-19(29)18(14(3)4)24-20(30)21(5,6)12-22(7,8)25-16(27)9-10-17(25)28;1-2/h9-10,13-14,18H,11-12H2,1-8H3,(H,23,29)(H,24,30);1-2H3. The Morgan fingerprint density at radius 3 is 1.81 bits per heavy atom. The minimum absolute atomic E-state index is 0.0851. The van der Waals surface area contributed by atoms with Crippen molar-refractivity contribution in [2.75, 3.05) is 6.54 Å². The van der Waals surface area contributed by atoms with E-state index in [9.17, 15) is 24.0 Å². The molecule has 0 saturated heterocycles. The van der Waals surface area contributed by atoms with E-state index >= 15 is 0 Å². The van der Waals surface area contributed by atoms with E-state index in [2.05, 4.69) is 10.6 Å². The van der Waals surface area contributed by atoms with Gasteiger partial charge in [0.2, 0.25) is 11.8 Å². The van der Waals surface area contributed by atoms with Crippen LogP contribution >= 0.6 is 0 Å². The van der Waals surface area contributed by atoms with Crippen LogP contribution in [0.3, 0.4) is 0 Å². The van der Waals surface area contributed by atoms with E-state index in [0.29, 0.717) is 0 Å². The van der Waals surface area contributed by atoms with Crippen LogP contribution in [0.2, 0.25) is 0 Å². The van der Waals surface area contributed by atoms with Crippen molar-refractivity contribution in [1.82, 2.24) is 15.5 Å². The number of carbonyl (C=O) groups is 5. The minimum Gasteiger partial charge on any atom is -0.347 e. The molecule has 0 spiro atoms. The molecule has 0 aliphatic carbocycles. The normalized spacial score (nSPS) is 14.9. The predicted molar refractivity (Wildman–Crippen MR) is 124 cm³/mol. The van der Waals surface area contributed by atoms with Crippen LogP contribution in [-0.2, 0) is 24.0 Å². The second-order valence-electron chi connectivity index (χ2n) is 9.75. The summed E-state index contributed by atoms with van der Waals surface area (Å²) in [7, 11) is 0. The summed E-state index contributed by atoms with van der Waals surface area (Å²) in [6.07, 6.45) is 2.65. The van der Waals surface area contributed by atoms with Crippen LogP contribution in [0.25, 0.3) is 0 Å². The van der Waals surface area contributed by atoms with Crippen LogP contribution in [-0.4, -0.2) is 52.4 Å². The molecule has 1 heterocycles. The third kappa shape index (κ3) is 7.88. The average molecular weight is 452 g/mol. The van der Waals surface area contributed by atoms with E-state index in [0.717, 1.165) is 4.90 Å². The second kappa shape index (κ2) is 11.9. The highest BCUT2D eigenvalue weighted by molar-refractivity contribution is 6.13. The lowest BCUT2D eigenvalue weighted by Gasteiger charge is -2.40. The van der Waals surface area contributed by atoms with Gasteiger partial charge in [0.15, 0.2) is 5.78 Å². The molecule has 8 nitrogen and oxygen atoms in total. The first-order chi connectivity index (χ1) is 14.6. The highest BCUT2D eigenvalue weighted by Crippen LogP contribution is 2.34.